The average Bonchev–Trinajstić information content (AvgIpc) is 3.14. The van der Waals surface area contributed by atoms with Crippen LogP contribution in [0.25, 0.3) is 0 Å². The first-order chi connectivity index (χ1) is 13.5. The molecule has 1 saturated heterocycles. The lowest BCUT2D eigenvalue weighted by Crippen LogP contribution is -2.19. The van der Waals surface area contributed by atoms with Gasteiger partial charge in [0.25, 0.3) is 5.69 Å². The van der Waals surface area contributed by atoms with Crippen LogP contribution in [0.4, 0.5) is 11.4 Å². The average molecular weight is 420 g/mol. The summed E-state index contributed by atoms with van der Waals surface area (Å²) in [6.45, 7) is 5.48. The largest absolute Gasteiger partial charge is 0.365 e. The van der Waals surface area contributed by atoms with E-state index in [2.05, 4.69) is 5.10 Å². The molecule has 1 aliphatic rings. The predicted molar refractivity (Wildman–Crippen MR) is 109 cm³/mol. The number of hydrogen-bond donors (Lipinski definition) is 0. The molecule has 2 heterocycles. The topological polar surface area (TPSA) is 115 Å². The molecule has 0 bridgehead atoms. The summed E-state index contributed by atoms with van der Waals surface area (Å²) in [5, 5.41) is 16.1. The lowest BCUT2D eigenvalue weighted by Gasteiger charge is -2.20. The van der Waals surface area contributed by atoms with E-state index in [4.69, 9.17) is 0 Å². The predicted octanol–water partition coefficient (Wildman–Crippen LogP) is 2.61. The Hall–Kier alpha value is -2.75. The first kappa shape index (κ1) is 21.0. The highest BCUT2D eigenvalue weighted by atomic mass is 32.2. The number of nitro groups is 1. The smallest absolute Gasteiger partial charge is 0.293 e. The van der Waals surface area contributed by atoms with E-state index < -0.39 is 14.8 Å². The third-order valence-corrected chi connectivity index (χ3v) is 7.16. The molecule has 3 rings (SSSR count). The second-order valence-corrected chi connectivity index (χ2v) is 9.75. The number of rotatable bonds is 6. The Morgan fingerprint density at radius 1 is 1.38 bits per heavy atom. The Labute approximate surface area is 169 Å². The number of hydrogen-bond acceptors (Lipinski definition) is 7. The molecule has 0 radical (unpaired) electrons. The molecule has 1 aromatic heterocycles. The maximum Gasteiger partial charge on any atom is 0.293 e. The van der Waals surface area contributed by atoms with E-state index in [1.54, 1.807) is 28.8 Å². The van der Waals surface area contributed by atoms with E-state index in [9.17, 15) is 23.3 Å². The minimum atomic E-state index is -3.03. The summed E-state index contributed by atoms with van der Waals surface area (Å²) in [5.74, 6) is 0.0177. The highest BCUT2D eigenvalue weighted by molar-refractivity contribution is 7.91. The van der Waals surface area contributed by atoms with Gasteiger partial charge in [0.2, 0.25) is 0 Å². The van der Waals surface area contributed by atoms with Crippen molar-refractivity contribution in [2.75, 3.05) is 23.5 Å². The van der Waals surface area contributed by atoms with Crippen molar-refractivity contribution >= 4 is 27.0 Å². The van der Waals surface area contributed by atoms with Gasteiger partial charge in [0.1, 0.15) is 5.69 Å². The second-order valence-electron chi connectivity index (χ2n) is 7.52. The Bertz CT molecular complexity index is 1090. The molecule has 0 N–H and O–H groups in total. The number of sulfone groups is 1. The Kier molecular flexibility index (Phi) is 5.48. The zero-order valence-corrected chi connectivity index (χ0v) is 17.7. The molecule has 1 fully saturated rings. The van der Waals surface area contributed by atoms with Crippen molar-refractivity contribution in [3.8, 4) is 0 Å². The molecule has 2 aromatic rings. The third kappa shape index (κ3) is 4.16. The molecule has 0 unspecified atom stereocenters. The molecule has 0 spiro atoms. The first-order valence-corrected chi connectivity index (χ1v) is 11.1. The van der Waals surface area contributed by atoms with Crippen molar-refractivity contribution in [1.82, 2.24) is 9.78 Å². The Balaban J connectivity index is 1.91. The number of aromatic nitrogens is 2. The van der Waals surface area contributed by atoms with Crippen molar-refractivity contribution < 1.29 is 18.1 Å². The lowest BCUT2D eigenvalue weighted by atomic mass is 10.1. The standard InChI is InChI=1S/C19H24N4O5S/c1-12-17(13(2)22(20-12)16-7-8-29(27,28)11-16)10-21(4)18-6-5-15(14(3)24)9-19(18)23(25)26/h5-6,9,16H,7-8,10-11H2,1-4H3/t16-/m0/s1. The molecule has 29 heavy (non-hydrogen) atoms. The van der Waals surface area contributed by atoms with Gasteiger partial charge in [0.15, 0.2) is 15.6 Å². The molecule has 9 nitrogen and oxygen atoms in total. The van der Waals surface area contributed by atoms with E-state index in [0.717, 1.165) is 17.0 Å². The van der Waals surface area contributed by atoms with Crippen molar-refractivity contribution in [1.29, 1.82) is 0 Å². The second kappa shape index (κ2) is 7.58. The number of carbonyl (C=O) groups is 1. The molecule has 0 amide bonds. The van der Waals surface area contributed by atoms with Crippen molar-refractivity contribution in [2.24, 2.45) is 0 Å². The van der Waals surface area contributed by atoms with Crippen molar-refractivity contribution in [2.45, 2.75) is 39.8 Å². The van der Waals surface area contributed by atoms with Crippen LogP contribution >= 0.6 is 0 Å². The summed E-state index contributed by atoms with van der Waals surface area (Å²) >= 11 is 0. The highest BCUT2D eigenvalue weighted by Crippen LogP contribution is 2.32. The molecule has 1 aliphatic heterocycles. The van der Waals surface area contributed by atoms with Gasteiger partial charge in [-0.15, -0.1) is 0 Å². The van der Waals surface area contributed by atoms with Crippen LogP contribution in [0.2, 0.25) is 0 Å². The van der Waals surface area contributed by atoms with Gasteiger partial charge in [-0.25, -0.2) is 8.42 Å². The van der Waals surface area contributed by atoms with Gasteiger partial charge in [-0.05, 0) is 39.3 Å². The monoisotopic (exact) mass is 420 g/mol. The molecule has 0 aliphatic carbocycles. The van der Waals surface area contributed by atoms with Crippen LogP contribution in [0.3, 0.4) is 0 Å². The van der Waals surface area contributed by atoms with Crippen LogP contribution < -0.4 is 4.90 Å². The van der Waals surface area contributed by atoms with Crippen LogP contribution in [0.5, 0.6) is 0 Å². The summed E-state index contributed by atoms with van der Waals surface area (Å²) in [7, 11) is -1.29. The van der Waals surface area contributed by atoms with Gasteiger partial charge < -0.3 is 4.90 Å². The highest BCUT2D eigenvalue weighted by Gasteiger charge is 2.31. The number of nitro benzene ring substituents is 1. The lowest BCUT2D eigenvalue weighted by molar-refractivity contribution is -0.384. The van der Waals surface area contributed by atoms with Gasteiger partial charge in [0.05, 0.1) is 28.2 Å². The molecular weight excluding hydrogens is 396 g/mol. The minimum Gasteiger partial charge on any atom is -0.365 e. The number of carbonyl (C=O) groups excluding carboxylic acids is 1. The fraction of sp³-hybridized carbons (Fsp3) is 0.474. The summed E-state index contributed by atoms with van der Waals surface area (Å²) < 4.78 is 25.4. The summed E-state index contributed by atoms with van der Waals surface area (Å²) in [6, 6.07) is 4.27. The quantitative estimate of drug-likeness (QED) is 0.401. The maximum absolute atomic E-state index is 11.8. The Morgan fingerprint density at radius 2 is 2.07 bits per heavy atom. The third-order valence-electron chi connectivity index (χ3n) is 5.41. The maximum atomic E-state index is 11.8. The number of ketones is 1. The summed E-state index contributed by atoms with van der Waals surface area (Å²) in [5.41, 5.74) is 3.08. The van der Waals surface area contributed by atoms with Crippen LogP contribution in [0.15, 0.2) is 18.2 Å². The van der Waals surface area contributed by atoms with Crippen LogP contribution in [-0.2, 0) is 16.4 Å². The van der Waals surface area contributed by atoms with Crippen LogP contribution in [0.1, 0.15) is 46.7 Å². The molecule has 1 aromatic carbocycles. The molecule has 1 atom stereocenters. The SMILES string of the molecule is CC(=O)c1ccc(N(C)Cc2c(C)nn([C@H]3CCS(=O)(=O)C3)c2C)c([N+](=O)[O-])c1. The number of Topliss-reactive ketones (excluding diaryl/α,β-unsaturated/α-hetero) is 1. The number of nitrogens with zero attached hydrogens (tertiary/aromatic N) is 4. The van der Waals surface area contributed by atoms with Crippen molar-refractivity contribution in [3.63, 3.8) is 0 Å². The summed E-state index contributed by atoms with van der Waals surface area (Å²) in [6.07, 6.45) is 0.539. The fourth-order valence-electron chi connectivity index (χ4n) is 3.78. The van der Waals surface area contributed by atoms with Crippen LogP contribution in [0, 0.1) is 24.0 Å². The van der Waals surface area contributed by atoms with E-state index in [-0.39, 0.29) is 34.6 Å². The van der Waals surface area contributed by atoms with Gasteiger partial charge >= 0.3 is 0 Å². The number of anilines is 1. The van der Waals surface area contributed by atoms with Crippen molar-refractivity contribution in [3.05, 3.63) is 50.8 Å². The fourth-order valence-corrected chi connectivity index (χ4v) is 5.48. The molecular formula is C19H24N4O5S. The number of benzene rings is 1. The molecule has 156 valence electrons. The van der Waals surface area contributed by atoms with E-state index in [1.807, 2.05) is 13.8 Å². The first-order valence-electron chi connectivity index (χ1n) is 9.25. The number of aryl methyl sites for hydroxylation is 1. The normalized spacial score (nSPS) is 18.0. The van der Waals surface area contributed by atoms with Gasteiger partial charge in [-0.3, -0.25) is 19.6 Å². The minimum absolute atomic E-state index is 0.0855. The van der Waals surface area contributed by atoms with E-state index in [0.29, 0.717) is 18.7 Å². The van der Waals surface area contributed by atoms with Gasteiger partial charge in [-0.1, -0.05) is 0 Å². The van der Waals surface area contributed by atoms with E-state index in [1.165, 1.54) is 13.0 Å². The molecule has 10 heteroatoms. The van der Waals surface area contributed by atoms with Crippen LogP contribution in [-0.4, -0.2) is 47.5 Å². The zero-order valence-electron chi connectivity index (χ0n) is 16.9. The van der Waals surface area contributed by atoms with E-state index >= 15 is 0 Å². The van der Waals surface area contributed by atoms with Gasteiger partial charge in [0, 0.05) is 36.5 Å². The summed E-state index contributed by atoms with van der Waals surface area (Å²) in [4.78, 5) is 24.3. The molecule has 0 saturated carbocycles. The van der Waals surface area contributed by atoms with Gasteiger partial charge in [-0.2, -0.15) is 5.10 Å². The zero-order chi connectivity index (χ0) is 21.5. The Morgan fingerprint density at radius 3 is 2.62 bits per heavy atom.